The largest absolute Gasteiger partial charge is 0.478 e. The lowest BCUT2D eigenvalue weighted by Gasteiger charge is -2.18. The van der Waals surface area contributed by atoms with Gasteiger partial charge in [-0.2, -0.15) is 22.0 Å². The van der Waals surface area contributed by atoms with Crippen LogP contribution in [-0.2, 0) is 4.79 Å². The van der Waals surface area contributed by atoms with Crippen molar-refractivity contribution in [3.05, 3.63) is 29.6 Å². The molecule has 1 aromatic carbocycles. The first kappa shape index (κ1) is 15.8. The minimum absolute atomic E-state index is 0.419. The van der Waals surface area contributed by atoms with E-state index in [0.29, 0.717) is 12.1 Å². The predicted octanol–water partition coefficient (Wildman–Crippen LogP) is 2.66. The SMILES string of the molecule is O=C(O)c1ccc(F)c(NC(=O)C(F)(F)C(F)(F)F)c1. The molecule has 0 aliphatic rings. The zero-order valence-corrected chi connectivity index (χ0v) is 9.26. The van der Waals surface area contributed by atoms with Gasteiger partial charge in [0, 0.05) is 0 Å². The number of hydrogen-bond acceptors (Lipinski definition) is 2. The van der Waals surface area contributed by atoms with Crippen LogP contribution in [-0.4, -0.2) is 29.1 Å². The van der Waals surface area contributed by atoms with Crippen molar-refractivity contribution in [2.75, 3.05) is 5.32 Å². The number of halogens is 6. The van der Waals surface area contributed by atoms with Crippen LogP contribution in [0.3, 0.4) is 0 Å². The Balaban J connectivity index is 3.08. The van der Waals surface area contributed by atoms with Gasteiger partial charge < -0.3 is 10.4 Å². The zero-order chi connectivity index (χ0) is 15.7. The predicted molar refractivity (Wildman–Crippen MR) is 53.0 cm³/mol. The molecule has 1 rings (SSSR count). The molecule has 1 aromatic rings. The molecule has 0 heterocycles. The first-order valence-corrected chi connectivity index (χ1v) is 4.75. The van der Waals surface area contributed by atoms with Crippen molar-refractivity contribution in [2.45, 2.75) is 12.1 Å². The average Bonchev–Trinajstić information content (AvgIpc) is 2.29. The third-order valence-corrected chi connectivity index (χ3v) is 2.10. The number of benzene rings is 1. The van der Waals surface area contributed by atoms with E-state index in [1.807, 2.05) is 0 Å². The van der Waals surface area contributed by atoms with Gasteiger partial charge in [0.25, 0.3) is 0 Å². The number of carbonyl (C=O) groups excluding carboxylic acids is 1. The molecule has 0 atom stereocenters. The lowest BCUT2D eigenvalue weighted by molar-refractivity contribution is -0.267. The van der Waals surface area contributed by atoms with Crippen LogP contribution < -0.4 is 5.32 Å². The molecule has 20 heavy (non-hydrogen) atoms. The smallest absolute Gasteiger partial charge is 0.463 e. The Bertz CT molecular complexity index is 554. The molecule has 0 saturated carbocycles. The number of carbonyl (C=O) groups is 2. The van der Waals surface area contributed by atoms with E-state index in [1.165, 1.54) is 0 Å². The van der Waals surface area contributed by atoms with E-state index >= 15 is 0 Å². The van der Waals surface area contributed by atoms with Crippen molar-refractivity contribution in [3.63, 3.8) is 0 Å². The standard InChI is InChI=1S/C10H5F6NO3/c11-5-2-1-4(7(18)19)3-6(5)17-8(20)9(12,13)10(14,15)16/h1-3H,(H,17,20)(H,18,19). The quantitative estimate of drug-likeness (QED) is 0.843. The Kier molecular flexibility index (Phi) is 3.97. The average molecular weight is 301 g/mol. The number of amides is 1. The summed E-state index contributed by atoms with van der Waals surface area (Å²) >= 11 is 0. The first-order chi connectivity index (χ1) is 8.96. The molecule has 4 nitrogen and oxygen atoms in total. The lowest BCUT2D eigenvalue weighted by Crippen LogP contribution is -2.47. The molecule has 0 aromatic heterocycles. The number of hydrogen-bond donors (Lipinski definition) is 2. The fourth-order valence-electron chi connectivity index (χ4n) is 1.08. The fraction of sp³-hybridized carbons (Fsp3) is 0.200. The van der Waals surface area contributed by atoms with Crippen LogP contribution in [0.15, 0.2) is 18.2 Å². The minimum Gasteiger partial charge on any atom is -0.478 e. The van der Waals surface area contributed by atoms with Crippen LogP contribution in [0.25, 0.3) is 0 Å². The monoisotopic (exact) mass is 301 g/mol. The van der Waals surface area contributed by atoms with Crippen LogP contribution in [0.4, 0.5) is 32.0 Å². The summed E-state index contributed by atoms with van der Waals surface area (Å²) in [5, 5.41) is 9.57. The molecule has 0 aliphatic carbocycles. The van der Waals surface area contributed by atoms with Crippen molar-refractivity contribution in [2.24, 2.45) is 0 Å². The third kappa shape index (κ3) is 3.00. The molecule has 0 fully saturated rings. The van der Waals surface area contributed by atoms with Crippen molar-refractivity contribution < 1.29 is 41.0 Å². The molecular formula is C10H5F6NO3. The van der Waals surface area contributed by atoms with Crippen molar-refractivity contribution in [1.29, 1.82) is 0 Å². The Labute approximate surface area is 107 Å². The van der Waals surface area contributed by atoms with Gasteiger partial charge in [0.15, 0.2) is 0 Å². The number of aromatic carboxylic acids is 1. The maximum Gasteiger partial charge on any atom is 0.463 e. The van der Waals surface area contributed by atoms with Gasteiger partial charge in [0.1, 0.15) is 5.82 Å². The molecule has 0 bridgehead atoms. The van der Waals surface area contributed by atoms with Crippen LogP contribution in [0.2, 0.25) is 0 Å². The summed E-state index contributed by atoms with van der Waals surface area (Å²) in [4.78, 5) is 21.4. The Morgan fingerprint density at radius 3 is 2.10 bits per heavy atom. The topological polar surface area (TPSA) is 66.4 Å². The summed E-state index contributed by atoms with van der Waals surface area (Å²) in [6.45, 7) is 0. The van der Waals surface area contributed by atoms with Crippen LogP contribution in [0, 0.1) is 5.82 Å². The van der Waals surface area contributed by atoms with E-state index in [1.54, 1.807) is 0 Å². The van der Waals surface area contributed by atoms with Gasteiger partial charge in [-0.15, -0.1) is 0 Å². The summed E-state index contributed by atoms with van der Waals surface area (Å²) < 4.78 is 74.1. The molecule has 1 amide bonds. The lowest BCUT2D eigenvalue weighted by atomic mass is 10.2. The maximum absolute atomic E-state index is 13.1. The van der Waals surface area contributed by atoms with Gasteiger partial charge in [-0.1, -0.05) is 0 Å². The third-order valence-electron chi connectivity index (χ3n) is 2.10. The maximum atomic E-state index is 13.1. The van der Waals surface area contributed by atoms with Gasteiger partial charge in [0.2, 0.25) is 0 Å². The summed E-state index contributed by atoms with van der Waals surface area (Å²) in [6.07, 6.45) is -6.15. The molecule has 2 N–H and O–H groups in total. The number of alkyl halides is 5. The second-order valence-electron chi connectivity index (χ2n) is 3.53. The van der Waals surface area contributed by atoms with E-state index in [4.69, 9.17) is 5.11 Å². The molecule has 0 saturated heterocycles. The summed E-state index contributed by atoms with van der Waals surface area (Å²) in [6, 6.07) is 1.67. The number of anilines is 1. The summed E-state index contributed by atoms with van der Waals surface area (Å²) in [7, 11) is 0. The van der Waals surface area contributed by atoms with Crippen molar-refractivity contribution in [3.8, 4) is 0 Å². The molecule has 110 valence electrons. The highest BCUT2D eigenvalue weighted by molar-refractivity contribution is 5.98. The molecular weight excluding hydrogens is 296 g/mol. The van der Waals surface area contributed by atoms with E-state index in [2.05, 4.69) is 0 Å². The van der Waals surface area contributed by atoms with E-state index in [9.17, 15) is 35.9 Å². The highest BCUT2D eigenvalue weighted by Crippen LogP contribution is 2.36. The highest BCUT2D eigenvalue weighted by Gasteiger charge is 2.63. The second kappa shape index (κ2) is 5.02. The summed E-state index contributed by atoms with van der Waals surface area (Å²) in [5.74, 6) is -11.5. The molecule has 0 radical (unpaired) electrons. The highest BCUT2D eigenvalue weighted by atomic mass is 19.4. The second-order valence-corrected chi connectivity index (χ2v) is 3.53. The van der Waals surface area contributed by atoms with E-state index in [-0.39, 0.29) is 0 Å². The van der Waals surface area contributed by atoms with Gasteiger partial charge in [0.05, 0.1) is 11.3 Å². The van der Waals surface area contributed by atoms with Gasteiger partial charge >= 0.3 is 24.0 Å². The minimum atomic E-state index is -6.15. The van der Waals surface area contributed by atoms with E-state index in [0.717, 1.165) is 11.4 Å². The first-order valence-electron chi connectivity index (χ1n) is 4.75. The fourth-order valence-corrected chi connectivity index (χ4v) is 1.08. The number of carboxylic acid groups (broad SMARTS) is 1. The summed E-state index contributed by atoms with van der Waals surface area (Å²) in [5.41, 5.74) is -1.70. The Hall–Kier alpha value is -2.26. The number of nitrogens with one attached hydrogen (secondary N) is 1. The van der Waals surface area contributed by atoms with Crippen LogP contribution in [0.1, 0.15) is 10.4 Å². The van der Waals surface area contributed by atoms with Crippen molar-refractivity contribution in [1.82, 2.24) is 0 Å². The molecule has 10 heteroatoms. The van der Waals surface area contributed by atoms with Crippen molar-refractivity contribution >= 4 is 17.6 Å². The molecule has 0 spiro atoms. The number of rotatable bonds is 3. The normalized spacial score (nSPS) is 12.1. The molecule has 0 unspecified atom stereocenters. The number of carboxylic acids is 1. The Morgan fingerprint density at radius 2 is 1.65 bits per heavy atom. The van der Waals surface area contributed by atoms with Gasteiger partial charge in [-0.3, -0.25) is 4.79 Å². The Morgan fingerprint density at radius 1 is 1.10 bits per heavy atom. The zero-order valence-electron chi connectivity index (χ0n) is 9.26. The van der Waals surface area contributed by atoms with Gasteiger partial charge in [-0.05, 0) is 18.2 Å². The van der Waals surface area contributed by atoms with E-state index < -0.39 is 41.0 Å². The molecule has 0 aliphatic heterocycles. The van der Waals surface area contributed by atoms with Gasteiger partial charge in [-0.25, -0.2) is 9.18 Å². The van der Waals surface area contributed by atoms with Crippen LogP contribution >= 0.6 is 0 Å². The van der Waals surface area contributed by atoms with Crippen LogP contribution in [0.5, 0.6) is 0 Å².